The number of para-hydroxylation sites is 1. The first-order chi connectivity index (χ1) is 14.8. The summed E-state index contributed by atoms with van der Waals surface area (Å²) in [6.07, 6.45) is 5.16. The molecule has 2 unspecified atom stereocenters. The molecular formula is C25H32N2O4. The van der Waals surface area contributed by atoms with Crippen molar-refractivity contribution in [1.82, 2.24) is 9.47 Å². The van der Waals surface area contributed by atoms with E-state index in [1.54, 1.807) is 17.6 Å². The van der Waals surface area contributed by atoms with Gasteiger partial charge in [0.2, 0.25) is 0 Å². The number of carbonyl (C=O) groups excluding carboxylic acids is 2. The van der Waals surface area contributed by atoms with Crippen LogP contribution in [-0.4, -0.2) is 46.0 Å². The fourth-order valence-electron chi connectivity index (χ4n) is 5.36. The molecule has 0 N–H and O–H groups in total. The third kappa shape index (κ3) is 4.45. The van der Waals surface area contributed by atoms with Crippen LogP contribution < -0.4 is 5.56 Å². The topological polar surface area (TPSA) is 68.6 Å². The molecule has 2 aromatic rings. The van der Waals surface area contributed by atoms with E-state index in [4.69, 9.17) is 4.74 Å². The van der Waals surface area contributed by atoms with E-state index >= 15 is 0 Å². The average Bonchev–Trinajstić information content (AvgIpc) is 2.95. The zero-order valence-corrected chi connectivity index (χ0v) is 18.7. The van der Waals surface area contributed by atoms with Crippen LogP contribution in [0.3, 0.4) is 0 Å². The Balaban J connectivity index is 1.49. The summed E-state index contributed by atoms with van der Waals surface area (Å²) < 4.78 is 7.55. The van der Waals surface area contributed by atoms with Crippen LogP contribution >= 0.6 is 0 Å². The maximum absolute atomic E-state index is 13.1. The van der Waals surface area contributed by atoms with Crippen molar-refractivity contribution in [2.45, 2.75) is 83.5 Å². The first-order valence-electron chi connectivity index (χ1n) is 11.5. The van der Waals surface area contributed by atoms with Crippen molar-refractivity contribution in [3.8, 4) is 0 Å². The SMILES string of the molecule is CC(=O)CCCN1C2CCC1CC(OC(=O)c1cc3ccccc3n(C(C)C)c1=O)C2. The highest BCUT2D eigenvalue weighted by Gasteiger charge is 2.41. The van der Waals surface area contributed by atoms with Crippen LogP contribution in [0.25, 0.3) is 10.9 Å². The lowest BCUT2D eigenvalue weighted by Gasteiger charge is -2.38. The monoisotopic (exact) mass is 424 g/mol. The molecule has 2 aliphatic rings. The van der Waals surface area contributed by atoms with Gasteiger partial charge in [0, 0.05) is 37.4 Å². The number of rotatable bonds is 7. The second kappa shape index (κ2) is 8.95. The Kier molecular flexibility index (Phi) is 6.28. The van der Waals surface area contributed by atoms with Crippen LogP contribution in [0.2, 0.25) is 0 Å². The molecule has 166 valence electrons. The Morgan fingerprint density at radius 3 is 2.45 bits per heavy atom. The summed E-state index contributed by atoms with van der Waals surface area (Å²) in [6, 6.07) is 10.0. The molecule has 0 spiro atoms. The van der Waals surface area contributed by atoms with Gasteiger partial charge in [-0.25, -0.2) is 4.79 Å². The van der Waals surface area contributed by atoms with Gasteiger partial charge in [0.25, 0.3) is 5.56 Å². The van der Waals surface area contributed by atoms with Gasteiger partial charge in [-0.1, -0.05) is 18.2 Å². The summed E-state index contributed by atoms with van der Waals surface area (Å²) in [7, 11) is 0. The molecule has 1 aromatic carbocycles. The minimum atomic E-state index is -0.514. The van der Waals surface area contributed by atoms with Gasteiger partial charge in [0.1, 0.15) is 17.5 Å². The lowest BCUT2D eigenvalue weighted by molar-refractivity contribution is -0.117. The normalized spacial score (nSPS) is 23.4. The van der Waals surface area contributed by atoms with Crippen LogP contribution in [0.1, 0.15) is 75.7 Å². The van der Waals surface area contributed by atoms with E-state index in [-0.39, 0.29) is 29.1 Å². The molecule has 0 saturated carbocycles. The number of nitrogens with zero attached hydrogens (tertiary/aromatic N) is 2. The van der Waals surface area contributed by atoms with Gasteiger partial charge in [-0.05, 0) is 64.1 Å². The molecule has 2 saturated heterocycles. The maximum Gasteiger partial charge on any atom is 0.344 e. The van der Waals surface area contributed by atoms with Gasteiger partial charge in [0.15, 0.2) is 0 Å². The number of carbonyl (C=O) groups is 2. The van der Waals surface area contributed by atoms with Gasteiger partial charge in [0.05, 0.1) is 5.52 Å². The van der Waals surface area contributed by atoms with E-state index in [0.29, 0.717) is 18.5 Å². The minimum absolute atomic E-state index is 0.0563. The van der Waals surface area contributed by atoms with E-state index in [1.165, 1.54) is 0 Å². The summed E-state index contributed by atoms with van der Waals surface area (Å²) in [5.41, 5.74) is 0.655. The van der Waals surface area contributed by atoms with Crippen molar-refractivity contribution in [2.75, 3.05) is 6.54 Å². The highest BCUT2D eigenvalue weighted by atomic mass is 16.5. The first kappa shape index (κ1) is 21.8. The lowest BCUT2D eigenvalue weighted by atomic mass is 9.99. The van der Waals surface area contributed by atoms with Crippen molar-refractivity contribution in [3.63, 3.8) is 0 Å². The van der Waals surface area contributed by atoms with Gasteiger partial charge in [-0.2, -0.15) is 0 Å². The van der Waals surface area contributed by atoms with E-state index in [2.05, 4.69) is 4.90 Å². The zero-order valence-electron chi connectivity index (χ0n) is 18.7. The Bertz CT molecular complexity index is 1030. The Hall–Kier alpha value is -2.47. The maximum atomic E-state index is 13.1. The van der Waals surface area contributed by atoms with Gasteiger partial charge in [-0.3, -0.25) is 9.69 Å². The second-order valence-corrected chi connectivity index (χ2v) is 9.31. The number of piperidine rings is 1. The predicted octanol–water partition coefficient (Wildman–Crippen LogP) is 4.10. The molecule has 2 atom stereocenters. The number of esters is 1. The number of Topliss-reactive ketones (excluding diaryl/α,β-unsaturated/α-hetero) is 1. The molecule has 6 nitrogen and oxygen atoms in total. The summed E-state index contributed by atoms with van der Waals surface area (Å²) in [5, 5.41) is 0.864. The van der Waals surface area contributed by atoms with Crippen molar-refractivity contribution in [3.05, 3.63) is 46.2 Å². The molecule has 2 bridgehead atoms. The lowest BCUT2D eigenvalue weighted by Crippen LogP contribution is -2.46. The van der Waals surface area contributed by atoms with E-state index in [9.17, 15) is 14.4 Å². The molecule has 0 radical (unpaired) electrons. The van der Waals surface area contributed by atoms with Gasteiger partial charge >= 0.3 is 5.97 Å². The van der Waals surface area contributed by atoms with E-state index in [1.807, 2.05) is 38.1 Å². The summed E-state index contributed by atoms with van der Waals surface area (Å²) in [6.45, 7) is 6.46. The third-order valence-corrected chi connectivity index (χ3v) is 6.74. The quantitative estimate of drug-likeness (QED) is 0.626. The van der Waals surface area contributed by atoms with Gasteiger partial charge in [-0.15, -0.1) is 0 Å². The average molecular weight is 425 g/mol. The predicted molar refractivity (Wildman–Crippen MR) is 120 cm³/mol. The molecule has 31 heavy (non-hydrogen) atoms. The fourth-order valence-corrected chi connectivity index (χ4v) is 5.36. The Morgan fingerprint density at radius 1 is 1.13 bits per heavy atom. The van der Waals surface area contributed by atoms with Crippen LogP contribution in [0.15, 0.2) is 35.1 Å². The zero-order chi connectivity index (χ0) is 22.1. The number of pyridine rings is 1. The molecule has 6 heteroatoms. The van der Waals surface area contributed by atoms with Crippen LogP contribution in [0.4, 0.5) is 0 Å². The summed E-state index contributed by atoms with van der Waals surface area (Å²) in [4.78, 5) is 39.9. The minimum Gasteiger partial charge on any atom is -0.459 e. The standard InChI is InChI=1S/C25H32N2O4/c1-16(2)27-23-9-5-4-8-18(23)13-22(24(27)29)25(30)31-21-14-19-10-11-20(15-21)26(19)12-6-7-17(3)28/h4-5,8-9,13,16,19-21H,6-7,10-12,14-15H2,1-3H3. The summed E-state index contributed by atoms with van der Waals surface area (Å²) in [5.74, 6) is -0.279. The largest absolute Gasteiger partial charge is 0.459 e. The van der Waals surface area contributed by atoms with E-state index in [0.717, 1.165) is 49.6 Å². The van der Waals surface area contributed by atoms with Crippen LogP contribution in [0, 0.1) is 0 Å². The molecular weight excluding hydrogens is 392 g/mol. The smallest absolute Gasteiger partial charge is 0.344 e. The van der Waals surface area contributed by atoms with Crippen LogP contribution in [0.5, 0.6) is 0 Å². The number of hydrogen-bond donors (Lipinski definition) is 0. The highest BCUT2D eigenvalue weighted by molar-refractivity contribution is 5.94. The van der Waals surface area contributed by atoms with Crippen molar-refractivity contribution in [1.29, 1.82) is 0 Å². The molecule has 2 fully saturated rings. The molecule has 2 aliphatic heterocycles. The Labute approximate surface area is 183 Å². The fraction of sp³-hybridized carbons (Fsp3) is 0.560. The van der Waals surface area contributed by atoms with Crippen molar-refractivity contribution < 1.29 is 14.3 Å². The number of fused-ring (bicyclic) bond motifs is 3. The molecule has 3 heterocycles. The van der Waals surface area contributed by atoms with E-state index < -0.39 is 5.97 Å². The number of hydrogen-bond acceptors (Lipinski definition) is 5. The number of ketones is 1. The molecule has 4 rings (SSSR count). The van der Waals surface area contributed by atoms with Crippen molar-refractivity contribution >= 4 is 22.7 Å². The second-order valence-electron chi connectivity index (χ2n) is 9.31. The first-order valence-corrected chi connectivity index (χ1v) is 11.5. The highest BCUT2D eigenvalue weighted by Crippen LogP contribution is 2.37. The summed E-state index contributed by atoms with van der Waals surface area (Å²) >= 11 is 0. The van der Waals surface area contributed by atoms with Gasteiger partial charge < -0.3 is 14.1 Å². The molecule has 0 amide bonds. The molecule has 0 aliphatic carbocycles. The number of aromatic nitrogens is 1. The third-order valence-electron chi connectivity index (χ3n) is 6.74. The van der Waals surface area contributed by atoms with Crippen LogP contribution in [-0.2, 0) is 9.53 Å². The Morgan fingerprint density at radius 2 is 1.81 bits per heavy atom. The number of ether oxygens (including phenoxy) is 1. The van der Waals surface area contributed by atoms with Crippen molar-refractivity contribution in [2.24, 2.45) is 0 Å². The number of benzene rings is 1. The molecule has 1 aromatic heterocycles.